The van der Waals surface area contributed by atoms with Gasteiger partial charge in [-0.05, 0) is 19.3 Å². The van der Waals surface area contributed by atoms with E-state index in [0.29, 0.717) is 12.8 Å². The zero-order valence-electron chi connectivity index (χ0n) is 8.76. The van der Waals surface area contributed by atoms with E-state index in [-0.39, 0.29) is 11.7 Å². The lowest BCUT2D eigenvalue weighted by atomic mass is 9.74. The van der Waals surface area contributed by atoms with Crippen molar-refractivity contribution in [2.75, 3.05) is 0 Å². The van der Waals surface area contributed by atoms with Gasteiger partial charge in [0.1, 0.15) is 11.2 Å². The first-order chi connectivity index (χ1) is 5.87. The summed E-state index contributed by atoms with van der Waals surface area (Å²) in [4.78, 5) is 22.5. The maximum atomic E-state index is 11.6. The third-order valence-electron chi connectivity index (χ3n) is 2.66. The highest BCUT2D eigenvalue weighted by Crippen LogP contribution is 2.30. The molecule has 76 valence electrons. The van der Waals surface area contributed by atoms with Crippen molar-refractivity contribution in [3.05, 3.63) is 0 Å². The zero-order valence-corrected chi connectivity index (χ0v) is 8.76. The number of carbonyl (C=O) groups is 2. The molecule has 0 aliphatic carbocycles. The maximum absolute atomic E-state index is 11.6. The Morgan fingerprint density at radius 3 is 2.08 bits per heavy atom. The molecule has 0 aromatic carbocycles. The minimum atomic E-state index is -1.21. The van der Waals surface area contributed by atoms with Gasteiger partial charge < -0.3 is 5.11 Å². The smallest absolute Gasteiger partial charge is 0.317 e. The number of carboxylic acid groups (broad SMARTS) is 1. The number of ketones is 1. The molecule has 3 nitrogen and oxygen atoms in total. The van der Waals surface area contributed by atoms with Crippen LogP contribution in [-0.2, 0) is 9.59 Å². The first kappa shape index (κ1) is 12.1. The highest BCUT2D eigenvalue weighted by Gasteiger charge is 2.42. The Balaban J connectivity index is 4.79. The van der Waals surface area contributed by atoms with Gasteiger partial charge in [0.2, 0.25) is 0 Å². The van der Waals surface area contributed by atoms with Crippen LogP contribution in [0.1, 0.15) is 40.5 Å². The molecule has 13 heavy (non-hydrogen) atoms. The first-order valence-corrected chi connectivity index (χ1v) is 4.64. The molecule has 0 bridgehead atoms. The third kappa shape index (κ3) is 2.29. The number of Topliss-reactive ketones (excluding diaryl/α,β-unsaturated/α-hetero) is 1. The summed E-state index contributed by atoms with van der Waals surface area (Å²) in [5.74, 6) is -1.34. The molecular weight excluding hydrogens is 168 g/mol. The van der Waals surface area contributed by atoms with Crippen LogP contribution in [0, 0.1) is 11.3 Å². The predicted molar refractivity (Wildman–Crippen MR) is 50.5 cm³/mol. The molecule has 1 unspecified atom stereocenters. The molecule has 0 spiro atoms. The van der Waals surface area contributed by atoms with Gasteiger partial charge in [0, 0.05) is 6.42 Å². The van der Waals surface area contributed by atoms with Crippen molar-refractivity contribution in [2.45, 2.75) is 40.5 Å². The summed E-state index contributed by atoms with van der Waals surface area (Å²) in [6, 6.07) is 0. The van der Waals surface area contributed by atoms with Crippen LogP contribution in [0.4, 0.5) is 0 Å². The van der Waals surface area contributed by atoms with Crippen LogP contribution in [0.25, 0.3) is 0 Å². The topological polar surface area (TPSA) is 54.4 Å². The Kier molecular flexibility index (Phi) is 4.11. The van der Waals surface area contributed by atoms with E-state index in [1.807, 2.05) is 6.92 Å². The maximum Gasteiger partial charge on any atom is 0.317 e. The molecule has 1 N–H and O–H groups in total. The summed E-state index contributed by atoms with van der Waals surface area (Å²) < 4.78 is 0. The standard InChI is InChI=1S/C10H18O3/c1-5-6-8(11)10(4,7(2)3)9(12)13/h7H,5-6H2,1-4H3,(H,12,13). The van der Waals surface area contributed by atoms with Crippen molar-refractivity contribution in [2.24, 2.45) is 11.3 Å². The van der Waals surface area contributed by atoms with E-state index in [1.165, 1.54) is 6.92 Å². The fourth-order valence-electron chi connectivity index (χ4n) is 1.17. The molecule has 0 aliphatic rings. The van der Waals surface area contributed by atoms with E-state index in [0.717, 1.165) is 0 Å². The molecule has 0 heterocycles. The van der Waals surface area contributed by atoms with Crippen molar-refractivity contribution in [1.29, 1.82) is 0 Å². The van der Waals surface area contributed by atoms with Crippen molar-refractivity contribution >= 4 is 11.8 Å². The molecule has 0 amide bonds. The molecule has 0 saturated carbocycles. The van der Waals surface area contributed by atoms with Gasteiger partial charge in [-0.1, -0.05) is 20.8 Å². The van der Waals surface area contributed by atoms with Gasteiger partial charge in [0.15, 0.2) is 0 Å². The first-order valence-electron chi connectivity index (χ1n) is 4.64. The quantitative estimate of drug-likeness (QED) is 0.669. The molecular formula is C10H18O3. The van der Waals surface area contributed by atoms with E-state index in [4.69, 9.17) is 5.11 Å². The highest BCUT2D eigenvalue weighted by molar-refractivity contribution is 6.02. The molecule has 0 aromatic heterocycles. The van der Waals surface area contributed by atoms with Gasteiger partial charge in [-0.2, -0.15) is 0 Å². The van der Waals surface area contributed by atoms with Crippen LogP contribution in [-0.4, -0.2) is 16.9 Å². The number of hydrogen-bond donors (Lipinski definition) is 1. The van der Waals surface area contributed by atoms with Gasteiger partial charge in [0.25, 0.3) is 0 Å². The minimum absolute atomic E-state index is 0.163. The Morgan fingerprint density at radius 2 is 1.85 bits per heavy atom. The van der Waals surface area contributed by atoms with Gasteiger partial charge in [0.05, 0.1) is 0 Å². The predicted octanol–water partition coefficient (Wildman–Crippen LogP) is 2.10. The summed E-state index contributed by atoms with van der Waals surface area (Å²) >= 11 is 0. The van der Waals surface area contributed by atoms with E-state index >= 15 is 0 Å². The van der Waals surface area contributed by atoms with E-state index < -0.39 is 11.4 Å². The second kappa shape index (κ2) is 4.40. The van der Waals surface area contributed by atoms with Gasteiger partial charge in [-0.25, -0.2) is 0 Å². The lowest BCUT2D eigenvalue weighted by molar-refractivity contribution is -0.156. The van der Waals surface area contributed by atoms with E-state index in [9.17, 15) is 9.59 Å². The fraction of sp³-hybridized carbons (Fsp3) is 0.800. The van der Waals surface area contributed by atoms with Crippen LogP contribution < -0.4 is 0 Å². The van der Waals surface area contributed by atoms with Gasteiger partial charge >= 0.3 is 5.97 Å². The number of carboxylic acids is 1. The molecule has 0 fully saturated rings. The normalized spacial score (nSPS) is 15.5. The lowest BCUT2D eigenvalue weighted by Gasteiger charge is -2.27. The average molecular weight is 186 g/mol. The van der Waals surface area contributed by atoms with Gasteiger partial charge in [-0.3, -0.25) is 9.59 Å². The average Bonchev–Trinajstić information content (AvgIpc) is 2.02. The van der Waals surface area contributed by atoms with Crippen LogP contribution in [0.15, 0.2) is 0 Å². The molecule has 0 aliphatic heterocycles. The third-order valence-corrected chi connectivity index (χ3v) is 2.66. The Hall–Kier alpha value is -0.860. The number of aliphatic carboxylic acids is 1. The van der Waals surface area contributed by atoms with Crippen molar-refractivity contribution in [1.82, 2.24) is 0 Å². The van der Waals surface area contributed by atoms with Gasteiger partial charge in [-0.15, -0.1) is 0 Å². The number of carbonyl (C=O) groups excluding carboxylic acids is 1. The van der Waals surface area contributed by atoms with Crippen molar-refractivity contribution in [3.8, 4) is 0 Å². The fourth-order valence-corrected chi connectivity index (χ4v) is 1.17. The summed E-state index contributed by atoms with van der Waals surface area (Å²) in [6.45, 7) is 6.92. The summed E-state index contributed by atoms with van der Waals surface area (Å²) in [5, 5.41) is 8.98. The zero-order chi connectivity index (χ0) is 10.6. The lowest BCUT2D eigenvalue weighted by Crippen LogP contribution is -2.41. The van der Waals surface area contributed by atoms with E-state index in [2.05, 4.69) is 0 Å². The Morgan fingerprint density at radius 1 is 1.38 bits per heavy atom. The molecule has 3 heteroatoms. The SMILES string of the molecule is CCCC(=O)C(C)(C(=O)O)C(C)C. The summed E-state index contributed by atoms with van der Waals surface area (Å²) in [6.07, 6.45) is 1.05. The second-order valence-electron chi connectivity index (χ2n) is 3.84. The molecule has 0 radical (unpaired) electrons. The summed E-state index contributed by atoms with van der Waals surface area (Å²) in [5.41, 5.74) is -1.21. The van der Waals surface area contributed by atoms with Crippen LogP contribution in [0.3, 0.4) is 0 Å². The monoisotopic (exact) mass is 186 g/mol. The molecule has 1 atom stereocenters. The summed E-state index contributed by atoms with van der Waals surface area (Å²) in [7, 11) is 0. The highest BCUT2D eigenvalue weighted by atomic mass is 16.4. The van der Waals surface area contributed by atoms with Crippen LogP contribution in [0.5, 0.6) is 0 Å². The van der Waals surface area contributed by atoms with E-state index in [1.54, 1.807) is 13.8 Å². The van der Waals surface area contributed by atoms with Crippen molar-refractivity contribution in [3.63, 3.8) is 0 Å². The Labute approximate surface area is 79.1 Å². The molecule has 0 saturated heterocycles. The minimum Gasteiger partial charge on any atom is -0.480 e. The molecule has 0 aromatic rings. The second-order valence-corrected chi connectivity index (χ2v) is 3.84. The van der Waals surface area contributed by atoms with Crippen LogP contribution in [0.2, 0.25) is 0 Å². The molecule has 0 rings (SSSR count). The number of rotatable bonds is 5. The number of hydrogen-bond acceptors (Lipinski definition) is 2. The largest absolute Gasteiger partial charge is 0.480 e. The Bertz CT molecular complexity index is 208. The van der Waals surface area contributed by atoms with Crippen molar-refractivity contribution < 1.29 is 14.7 Å². The van der Waals surface area contributed by atoms with Crippen LogP contribution >= 0.6 is 0 Å².